The predicted molar refractivity (Wildman–Crippen MR) is 106 cm³/mol. The Hall–Kier alpha value is -3.00. The van der Waals surface area contributed by atoms with E-state index < -0.39 is 0 Å². The molecule has 0 saturated carbocycles. The first-order valence-corrected chi connectivity index (χ1v) is 8.92. The quantitative estimate of drug-likeness (QED) is 0.716. The molecule has 0 bridgehead atoms. The second kappa shape index (κ2) is 7.49. The standard InChI is InChI=1S/C18H20N6OS/c1-11-17(26-10-19-11)18(25)23-14-7-5-13(6-8-14)22-15-9-16(24(3)4)21-12(2)20-15/h5-10H,1-4H3,(H,23,25)(H,20,21,22). The van der Waals surface area contributed by atoms with Gasteiger partial charge in [0.15, 0.2) is 0 Å². The average molecular weight is 368 g/mol. The summed E-state index contributed by atoms with van der Waals surface area (Å²) in [6.45, 7) is 3.68. The van der Waals surface area contributed by atoms with Gasteiger partial charge in [0.05, 0.1) is 11.2 Å². The maximum Gasteiger partial charge on any atom is 0.267 e. The first-order chi connectivity index (χ1) is 12.4. The van der Waals surface area contributed by atoms with Gasteiger partial charge in [-0.2, -0.15) is 0 Å². The van der Waals surface area contributed by atoms with Crippen LogP contribution in [-0.2, 0) is 0 Å². The highest BCUT2D eigenvalue weighted by molar-refractivity contribution is 7.12. The van der Waals surface area contributed by atoms with E-state index in [2.05, 4.69) is 25.6 Å². The van der Waals surface area contributed by atoms with Crippen molar-refractivity contribution >= 4 is 40.3 Å². The molecule has 0 unspecified atom stereocenters. The molecule has 2 N–H and O–H groups in total. The van der Waals surface area contributed by atoms with E-state index in [0.29, 0.717) is 10.7 Å². The number of benzene rings is 1. The number of nitrogens with one attached hydrogen (secondary N) is 2. The van der Waals surface area contributed by atoms with Crippen LogP contribution < -0.4 is 15.5 Å². The molecule has 2 aromatic heterocycles. The number of amides is 1. The van der Waals surface area contributed by atoms with Gasteiger partial charge in [-0.3, -0.25) is 4.79 Å². The third-order valence-corrected chi connectivity index (χ3v) is 4.58. The van der Waals surface area contributed by atoms with Gasteiger partial charge < -0.3 is 15.5 Å². The maximum atomic E-state index is 12.2. The fraction of sp³-hybridized carbons (Fsp3) is 0.222. The third-order valence-electron chi connectivity index (χ3n) is 3.65. The molecule has 8 heteroatoms. The van der Waals surface area contributed by atoms with Gasteiger partial charge in [0.25, 0.3) is 5.91 Å². The predicted octanol–water partition coefficient (Wildman–Crippen LogP) is 3.61. The number of thiazole rings is 1. The second-order valence-corrected chi connectivity index (χ2v) is 6.83. The Kier molecular flexibility index (Phi) is 5.13. The van der Waals surface area contributed by atoms with Crippen molar-refractivity contribution in [2.45, 2.75) is 13.8 Å². The number of nitrogens with zero attached hydrogens (tertiary/aromatic N) is 4. The zero-order valence-electron chi connectivity index (χ0n) is 15.1. The topological polar surface area (TPSA) is 83.0 Å². The van der Waals surface area contributed by atoms with E-state index in [1.807, 2.05) is 63.2 Å². The van der Waals surface area contributed by atoms with Crippen LogP contribution in [0.4, 0.5) is 23.0 Å². The van der Waals surface area contributed by atoms with Crippen LogP contribution in [0.1, 0.15) is 21.2 Å². The maximum absolute atomic E-state index is 12.2. The summed E-state index contributed by atoms with van der Waals surface area (Å²) in [5.41, 5.74) is 4.01. The molecule has 0 spiro atoms. The molecule has 26 heavy (non-hydrogen) atoms. The van der Waals surface area contributed by atoms with E-state index >= 15 is 0 Å². The van der Waals surface area contributed by atoms with Gasteiger partial charge in [0, 0.05) is 31.5 Å². The zero-order chi connectivity index (χ0) is 18.7. The fourth-order valence-electron chi connectivity index (χ4n) is 2.34. The Morgan fingerprint density at radius 1 is 1.08 bits per heavy atom. The first kappa shape index (κ1) is 17.8. The van der Waals surface area contributed by atoms with E-state index in [4.69, 9.17) is 0 Å². The lowest BCUT2D eigenvalue weighted by atomic mass is 10.2. The molecule has 3 rings (SSSR count). The minimum atomic E-state index is -0.146. The van der Waals surface area contributed by atoms with Crippen molar-refractivity contribution in [2.24, 2.45) is 0 Å². The number of carbonyl (C=O) groups excluding carboxylic acids is 1. The molecule has 0 saturated heterocycles. The van der Waals surface area contributed by atoms with Crippen molar-refractivity contribution in [2.75, 3.05) is 29.6 Å². The molecule has 0 aliphatic rings. The van der Waals surface area contributed by atoms with Crippen molar-refractivity contribution < 1.29 is 4.79 Å². The van der Waals surface area contributed by atoms with Crippen molar-refractivity contribution in [3.05, 3.63) is 52.2 Å². The van der Waals surface area contributed by atoms with Crippen molar-refractivity contribution in [3.8, 4) is 0 Å². The summed E-state index contributed by atoms with van der Waals surface area (Å²) in [4.78, 5) is 27.7. The van der Waals surface area contributed by atoms with E-state index in [9.17, 15) is 4.79 Å². The summed E-state index contributed by atoms with van der Waals surface area (Å²) in [7, 11) is 3.88. The molecule has 0 fully saturated rings. The molecule has 0 atom stereocenters. The Balaban J connectivity index is 1.70. The van der Waals surface area contributed by atoms with Crippen LogP contribution in [-0.4, -0.2) is 35.0 Å². The number of aromatic nitrogens is 3. The number of rotatable bonds is 5. The molecular formula is C18H20N6OS. The van der Waals surface area contributed by atoms with Crippen LogP contribution in [0.2, 0.25) is 0 Å². The highest BCUT2D eigenvalue weighted by Crippen LogP contribution is 2.21. The minimum Gasteiger partial charge on any atom is -0.363 e. The number of carbonyl (C=O) groups is 1. The van der Waals surface area contributed by atoms with E-state index in [-0.39, 0.29) is 5.91 Å². The van der Waals surface area contributed by atoms with Gasteiger partial charge in [-0.05, 0) is 38.1 Å². The van der Waals surface area contributed by atoms with Crippen LogP contribution >= 0.6 is 11.3 Å². The van der Waals surface area contributed by atoms with Crippen LogP contribution in [0.3, 0.4) is 0 Å². The Bertz CT molecular complexity index is 920. The van der Waals surface area contributed by atoms with Crippen molar-refractivity contribution in [3.63, 3.8) is 0 Å². The highest BCUT2D eigenvalue weighted by atomic mass is 32.1. The number of hydrogen-bond donors (Lipinski definition) is 2. The monoisotopic (exact) mass is 368 g/mol. The number of hydrogen-bond acceptors (Lipinski definition) is 7. The summed E-state index contributed by atoms with van der Waals surface area (Å²) in [5.74, 6) is 2.11. The largest absolute Gasteiger partial charge is 0.363 e. The smallest absolute Gasteiger partial charge is 0.267 e. The second-order valence-electron chi connectivity index (χ2n) is 5.98. The van der Waals surface area contributed by atoms with Crippen molar-refractivity contribution in [1.29, 1.82) is 0 Å². The zero-order valence-corrected chi connectivity index (χ0v) is 15.9. The molecule has 0 aliphatic heterocycles. The minimum absolute atomic E-state index is 0.146. The molecular weight excluding hydrogens is 348 g/mol. The Morgan fingerprint density at radius 2 is 1.77 bits per heavy atom. The molecule has 2 heterocycles. The normalized spacial score (nSPS) is 10.5. The molecule has 1 aromatic carbocycles. The van der Waals surface area contributed by atoms with Gasteiger partial charge in [0.2, 0.25) is 0 Å². The lowest BCUT2D eigenvalue weighted by molar-refractivity contribution is 0.103. The molecule has 7 nitrogen and oxygen atoms in total. The fourth-order valence-corrected chi connectivity index (χ4v) is 3.04. The van der Waals surface area contributed by atoms with Gasteiger partial charge in [0.1, 0.15) is 22.3 Å². The Labute approximate surface area is 156 Å². The van der Waals surface area contributed by atoms with Gasteiger partial charge in [-0.1, -0.05) is 0 Å². The summed E-state index contributed by atoms with van der Waals surface area (Å²) < 4.78 is 0. The van der Waals surface area contributed by atoms with E-state index in [1.54, 1.807) is 5.51 Å². The van der Waals surface area contributed by atoms with Gasteiger partial charge in [-0.15, -0.1) is 11.3 Å². The van der Waals surface area contributed by atoms with Crippen LogP contribution in [0.15, 0.2) is 35.8 Å². The van der Waals surface area contributed by atoms with Crippen LogP contribution in [0.25, 0.3) is 0 Å². The lowest BCUT2D eigenvalue weighted by Crippen LogP contribution is -2.12. The number of aryl methyl sites for hydroxylation is 2. The van der Waals surface area contributed by atoms with Crippen LogP contribution in [0.5, 0.6) is 0 Å². The average Bonchev–Trinajstić information content (AvgIpc) is 3.02. The highest BCUT2D eigenvalue weighted by Gasteiger charge is 2.11. The van der Waals surface area contributed by atoms with E-state index in [0.717, 1.165) is 28.7 Å². The lowest BCUT2D eigenvalue weighted by Gasteiger charge is -2.14. The third kappa shape index (κ3) is 4.15. The van der Waals surface area contributed by atoms with E-state index in [1.165, 1.54) is 11.3 Å². The molecule has 1 amide bonds. The summed E-state index contributed by atoms with van der Waals surface area (Å²) >= 11 is 1.33. The summed E-state index contributed by atoms with van der Waals surface area (Å²) in [6, 6.07) is 9.36. The molecule has 0 aliphatic carbocycles. The Morgan fingerprint density at radius 3 is 2.38 bits per heavy atom. The number of anilines is 4. The summed E-state index contributed by atoms with van der Waals surface area (Å²) in [5, 5.41) is 6.14. The van der Waals surface area contributed by atoms with Gasteiger partial charge >= 0.3 is 0 Å². The summed E-state index contributed by atoms with van der Waals surface area (Å²) in [6.07, 6.45) is 0. The molecule has 0 radical (unpaired) electrons. The SMILES string of the molecule is Cc1nc(Nc2ccc(NC(=O)c3scnc3C)cc2)cc(N(C)C)n1. The van der Waals surface area contributed by atoms with Crippen molar-refractivity contribution in [1.82, 2.24) is 15.0 Å². The van der Waals surface area contributed by atoms with Crippen LogP contribution in [0, 0.1) is 13.8 Å². The molecule has 3 aromatic rings. The van der Waals surface area contributed by atoms with Gasteiger partial charge in [-0.25, -0.2) is 15.0 Å². The molecule has 134 valence electrons. The first-order valence-electron chi connectivity index (χ1n) is 8.04.